The predicted molar refractivity (Wildman–Crippen MR) is 85.1 cm³/mol. The van der Waals surface area contributed by atoms with Crippen molar-refractivity contribution >= 4 is 5.91 Å². The Hall–Kier alpha value is -1.71. The van der Waals surface area contributed by atoms with Crippen molar-refractivity contribution in [3.63, 3.8) is 0 Å². The summed E-state index contributed by atoms with van der Waals surface area (Å²) in [5.41, 5.74) is -0.0405. The first-order valence-electron chi connectivity index (χ1n) is 8.21. The van der Waals surface area contributed by atoms with Gasteiger partial charge in [-0.2, -0.15) is 0 Å². The second kappa shape index (κ2) is 6.19. The van der Waals surface area contributed by atoms with Crippen molar-refractivity contribution in [2.45, 2.75) is 44.6 Å². The van der Waals surface area contributed by atoms with Crippen molar-refractivity contribution in [2.75, 3.05) is 13.7 Å². The molecule has 3 atom stereocenters. The highest BCUT2D eigenvalue weighted by Gasteiger charge is 2.49. The van der Waals surface area contributed by atoms with E-state index < -0.39 is 0 Å². The van der Waals surface area contributed by atoms with Gasteiger partial charge in [0.1, 0.15) is 11.5 Å². The van der Waals surface area contributed by atoms with Gasteiger partial charge in [-0.05, 0) is 48.9 Å². The molecule has 120 valence electrons. The molecule has 1 N–H and O–H groups in total. The third-order valence-electron chi connectivity index (χ3n) is 5.31. The van der Waals surface area contributed by atoms with Crippen LogP contribution in [0.3, 0.4) is 0 Å². The van der Waals surface area contributed by atoms with Crippen LogP contribution in [0.1, 0.15) is 39.0 Å². The Bertz CT molecular complexity index is 528. The molecule has 1 saturated carbocycles. The number of benzene rings is 1. The number of hydrogen-bond donors (Lipinski definition) is 1. The highest BCUT2D eigenvalue weighted by atomic mass is 16.5. The van der Waals surface area contributed by atoms with Gasteiger partial charge in [-0.25, -0.2) is 0 Å². The third kappa shape index (κ3) is 2.92. The van der Waals surface area contributed by atoms with Crippen molar-refractivity contribution < 1.29 is 14.3 Å². The lowest BCUT2D eigenvalue weighted by Crippen LogP contribution is -2.57. The van der Waals surface area contributed by atoms with Crippen molar-refractivity contribution in [2.24, 2.45) is 11.8 Å². The van der Waals surface area contributed by atoms with Crippen LogP contribution in [0.25, 0.3) is 0 Å². The molecule has 0 bridgehead atoms. The molecule has 0 aromatic heterocycles. The van der Waals surface area contributed by atoms with E-state index in [1.54, 1.807) is 7.11 Å². The molecule has 2 aliphatic rings. The molecule has 0 unspecified atom stereocenters. The van der Waals surface area contributed by atoms with Gasteiger partial charge in [-0.15, -0.1) is 0 Å². The van der Waals surface area contributed by atoms with Gasteiger partial charge in [0.2, 0.25) is 5.91 Å². The number of amides is 1. The molecule has 4 heteroatoms. The van der Waals surface area contributed by atoms with E-state index in [0.717, 1.165) is 24.3 Å². The topological polar surface area (TPSA) is 47.6 Å². The Balaban J connectivity index is 1.60. The van der Waals surface area contributed by atoms with Gasteiger partial charge in [0, 0.05) is 18.4 Å². The van der Waals surface area contributed by atoms with Gasteiger partial charge in [0.15, 0.2) is 0 Å². The quantitative estimate of drug-likeness (QED) is 0.909. The van der Waals surface area contributed by atoms with Crippen LogP contribution in [0.15, 0.2) is 24.3 Å². The minimum absolute atomic E-state index is 0.0405. The van der Waals surface area contributed by atoms with Crippen LogP contribution in [-0.4, -0.2) is 25.2 Å². The van der Waals surface area contributed by atoms with E-state index in [-0.39, 0.29) is 11.4 Å². The molecule has 4 nitrogen and oxygen atoms in total. The summed E-state index contributed by atoms with van der Waals surface area (Å²) in [6, 6.07) is 7.64. The SMILES string of the molecule is COc1ccc(OCC[C@@]23CCC[C@@H]2[C@@H](C)CC(=O)N3)cc1. The lowest BCUT2D eigenvalue weighted by molar-refractivity contribution is -0.128. The zero-order valence-corrected chi connectivity index (χ0v) is 13.4. The smallest absolute Gasteiger partial charge is 0.220 e. The number of methoxy groups -OCH3 is 1. The normalized spacial score (nSPS) is 30.5. The second-order valence-electron chi connectivity index (χ2n) is 6.66. The van der Waals surface area contributed by atoms with Gasteiger partial charge >= 0.3 is 0 Å². The summed E-state index contributed by atoms with van der Waals surface area (Å²) in [6.45, 7) is 2.85. The fourth-order valence-corrected chi connectivity index (χ4v) is 4.24. The minimum Gasteiger partial charge on any atom is -0.497 e. The molecule has 1 amide bonds. The summed E-state index contributed by atoms with van der Waals surface area (Å²) in [5.74, 6) is 2.97. The van der Waals surface area contributed by atoms with E-state index in [1.165, 1.54) is 12.8 Å². The average molecular weight is 303 g/mol. The molecule has 1 heterocycles. The van der Waals surface area contributed by atoms with E-state index in [4.69, 9.17) is 9.47 Å². The molecule has 22 heavy (non-hydrogen) atoms. The fraction of sp³-hybridized carbons (Fsp3) is 0.611. The zero-order chi connectivity index (χ0) is 15.6. The maximum atomic E-state index is 12.0. The lowest BCUT2D eigenvalue weighted by Gasteiger charge is -2.43. The summed E-state index contributed by atoms with van der Waals surface area (Å²) in [4.78, 5) is 12.0. The largest absolute Gasteiger partial charge is 0.497 e. The third-order valence-corrected chi connectivity index (χ3v) is 5.31. The number of ether oxygens (including phenoxy) is 2. The molecule has 1 aromatic rings. The average Bonchev–Trinajstić information content (AvgIpc) is 2.92. The van der Waals surface area contributed by atoms with Crippen LogP contribution >= 0.6 is 0 Å². The number of fused-ring (bicyclic) bond motifs is 1. The molecule has 1 aliphatic carbocycles. The molecule has 0 radical (unpaired) electrons. The lowest BCUT2D eigenvalue weighted by atomic mass is 9.72. The summed E-state index contributed by atoms with van der Waals surface area (Å²) in [6.07, 6.45) is 5.08. The second-order valence-corrected chi connectivity index (χ2v) is 6.66. The van der Waals surface area contributed by atoms with Gasteiger partial charge in [0.05, 0.1) is 13.7 Å². The van der Waals surface area contributed by atoms with Crippen LogP contribution in [0, 0.1) is 11.8 Å². The zero-order valence-electron chi connectivity index (χ0n) is 13.4. The van der Waals surface area contributed by atoms with E-state index in [0.29, 0.717) is 24.9 Å². The maximum Gasteiger partial charge on any atom is 0.220 e. The highest BCUT2D eigenvalue weighted by molar-refractivity contribution is 5.78. The molecule has 0 spiro atoms. The Morgan fingerprint density at radius 3 is 2.73 bits per heavy atom. The molecular formula is C18H25NO3. The number of nitrogens with one attached hydrogen (secondary N) is 1. The maximum absolute atomic E-state index is 12.0. The number of carbonyl (C=O) groups is 1. The minimum atomic E-state index is -0.0405. The number of piperidine rings is 1. The number of carbonyl (C=O) groups excluding carboxylic acids is 1. The van der Waals surface area contributed by atoms with Crippen LogP contribution in [0.5, 0.6) is 11.5 Å². The first-order chi connectivity index (χ1) is 10.6. The van der Waals surface area contributed by atoms with Crippen molar-refractivity contribution in [3.8, 4) is 11.5 Å². The summed E-state index contributed by atoms with van der Waals surface area (Å²) >= 11 is 0. The van der Waals surface area contributed by atoms with Crippen LogP contribution < -0.4 is 14.8 Å². The first-order valence-corrected chi connectivity index (χ1v) is 8.21. The van der Waals surface area contributed by atoms with Crippen LogP contribution in [0.2, 0.25) is 0 Å². The molecule has 1 saturated heterocycles. The Labute approximate surface area is 132 Å². The van der Waals surface area contributed by atoms with Crippen molar-refractivity contribution in [1.29, 1.82) is 0 Å². The van der Waals surface area contributed by atoms with Crippen LogP contribution in [0.4, 0.5) is 0 Å². The van der Waals surface area contributed by atoms with E-state index in [2.05, 4.69) is 12.2 Å². The highest BCUT2D eigenvalue weighted by Crippen LogP contribution is 2.46. The van der Waals surface area contributed by atoms with E-state index in [1.807, 2.05) is 24.3 Å². The number of rotatable bonds is 5. The molecule has 1 aromatic carbocycles. The van der Waals surface area contributed by atoms with Gasteiger partial charge in [-0.1, -0.05) is 13.3 Å². The van der Waals surface area contributed by atoms with Crippen molar-refractivity contribution in [1.82, 2.24) is 5.32 Å². The summed E-state index contributed by atoms with van der Waals surface area (Å²) in [7, 11) is 1.65. The summed E-state index contributed by atoms with van der Waals surface area (Å²) in [5, 5.41) is 3.29. The molecular weight excluding hydrogens is 278 g/mol. The Morgan fingerprint density at radius 2 is 2.00 bits per heavy atom. The molecule has 2 fully saturated rings. The predicted octanol–water partition coefficient (Wildman–Crippen LogP) is 3.16. The van der Waals surface area contributed by atoms with E-state index in [9.17, 15) is 4.79 Å². The molecule has 3 rings (SSSR count). The van der Waals surface area contributed by atoms with E-state index >= 15 is 0 Å². The first kappa shape index (κ1) is 15.2. The fourth-order valence-electron chi connectivity index (χ4n) is 4.24. The Morgan fingerprint density at radius 1 is 1.27 bits per heavy atom. The van der Waals surface area contributed by atoms with Crippen molar-refractivity contribution in [3.05, 3.63) is 24.3 Å². The van der Waals surface area contributed by atoms with Gasteiger partial charge < -0.3 is 14.8 Å². The van der Waals surface area contributed by atoms with Gasteiger partial charge in [0.25, 0.3) is 0 Å². The summed E-state index contributed by atoms with van der Waals surface area (Å²) < 4.78 is 11.0. The monoisotopic (exact) mass is 303 g/mol. The molecule has 1 aliphatic heterocycles. The number of hydrogen-bond acceptors (Lipinski definition) is 3. The van der Waals surface area contributed by atoms with Gasteiger partial charge in [-0.3, -0.25) is 4.79 Å². The Kier molecular flexibility index (Phi) is 4.27. The standard InChI is InChI=1S/C18H25NO3/c1-13-12-17(20)19-18(9-3-4-16(13)18)10-11-22-15-7-5-14(21-2)6-8-15/h5-8,13,16H,3-4,9-12H2,1-2H3,(H,19,20)/t13-,16+,18-/m0/s1. The van der Waals surface area contributed by atoms with Crippen LogP contribution in [-0.2, 0) is 4.79 Å².